The van der Waals surface area contributed by atoms with Gasteiger partial charge in [0.05, 0.1) is 5.69 Å². The van der Waals surface area contributed by atoms with Gasteiger partial charge in [0.2, 0.25) is 0 Å². The summed E-state index contributed by atoms with van der Waals surface area (Å²) in [4.78, 5) is 4.37. The highest BCUT2D eigenvalue weighted by Gasteiger charge is 2.57. The zero-order valence-electron chi connectivity index (χ0n) is 7.04. The van der Waals surface area contributed by atoms with Crippen molar-refractivity contribution < 1.29 is 0 Å². The Morgan fingerprint density at radius 1 is 1.67 bits per heavy atom. The van der Waals surface area contributed by atoms with Crippen LogP contribution in [0.15, 0.2) is 9.30 Å². The fraction of sp³-hybridized carbons (Fsp3) is 0.625. The summed E-state index contributed by atoms with van der Waals surface area (Å²) in [5.41, 5.74) is 7.32. The molecule has 1 aromatic rings. The summed E-state index contributed by atoms with van der Waals surface area (Å²) in [5, 5.41) is 2.09. The maximum atomic E-state index is 5.93. The van der Waals surface area contributed by atoms with Crippen LogP contribution in [0.3, 0.4) is 0 Å². The van der Waals surface area contributed by atoms with E-state index in [-0.39, 0.29) is 11.5 Å². The molecule has 66 valence electrons. The van der Waals surface area contributed by atoms with Crippen LogP contribution in [-0.2, 0) is 0 Å². The number of halogens is 1. The van der Waals surface area contributed by atoms with Crippen molar-refractivity contribution in [2.75, 3.05) is 0 Å². The fourth-order valence-corrected chi connectivity index (χ4v) is 2.71. The lowest BCUT2D eigenvalue weighted by Crippen LogP contribution is -2.06. The molecule has 0 bridgehead atoms. The van der Waals surface area contributed by atoms with Gasteiger partial charge in [-0.1, -0.05) is 13.8 Å². The number of aromatic nitrogens is 1. The third kappa shape index (κ3) is 1.13. The molecule has 1 aliphatic carbocycles. The average molecular weight is 247 g/mol. The van der Waals surface area contributed by atoms with Crippen molar-refractivity contribution in [2.24, 2.45) is 11.1 Å². The number of rotatable bonds is 1. The van der Waals surface area contributed by atoms with Gasteiger partial charge >= 0.3 is 0 Å². The van der Waals surface area contributed by atoms with Crippen LogP contribution in [0.5, 0.6) is 0 Å². The minimum absolute atomic E-state index is 0.244. The molecule has 1 heterocycles. The largest absolute Gasteiger partial charge is 0.327 e. The van der Waals surface area contributed by atoms with E-state index in [1.165, 1.54) is 0 Å². The van der Waals surface area contributed by atoms with Crippen LogP contribution < -0.4 is 5.73 Å². The smallest absolute Gasteiger partial charge is 0.159 e. The van der Waals surface area contributed by atoms with Crippen LogP contribution in [0.2, 0.25) is 0 Å². The molecule has 0 spiro atoms. The molecule has 12 heavy (non-hydrogen) atoms. The van der Waals surface area contributed by atoms with E-state index in [1.54, 1.807) is 11.3 Å². The van der Waals surface area contributed by atoms with Gasteiger partial charge in [-0.3, -0.25) is 0 Å². The first-order valence-electron chi connectivity index (χ1n) is 3.90. The first-order valence-corrected chi connectivity index (χ1v) is 5.57. The summed E-state index contributed by atoms with van der Waals surface area (Å²) >= 11 is 4.98. The lowest BCUT2D eigenvalue weighted by atomic mass is 10.1. The quantitative estimate of drug-likeness (QED) is 0.827. The highest BCUT2D eigenvalue weighted by Crippen LogP contribution is 2.57. The Morgan fingerprint density at radius 2 is 2.25 bits per heavy atom. The Kier molecular flexibility index (Phi) is 1.82. The van der Waals surface area contributed by atoms with Crippen molar-refractivity contribution in [1.29, 1.82) is 0 Å². The Hall–Kier alpha value is 0.0700. The van der Waals surface area contributed by atoms with Crippen LogP contribution in [0, 0.1) is 5.41 Å². The summed E-state index contributed by atoms with van der Waals surface area (Å²) in [7, 11) is 0. The molecular formula is C8H11BrN2S. The van der Waals surface area contributed by atoms with Crippen LogP contribution in [0.25, 0.3) is 0 Å². The van der Waals surface area contributed by atoms with Gasteiger partial charge in [-0.2, -0.15) is 0 Å². The Bertz CT molecular complexity index is 308. The molecule has 0 unspecified atom stereocenters. The zero-order valence-corrected chi connectivity index (χ0v) is 9.45. The van der Waals surface area contributed by atoms with Crippen LogP contribution in [0.1, 0.15) is 25.5 Å². The second kappa shape index (κ2) is 2.53. The van der Waals surface area contributed by atoms with Gasteiger partial charge in [0.25, 0.3) is 0 Å². The molecule has 1 fully saturated rings. The standard InChI is InChI=1S/C8H11BrN2S/c1-8(2)5(6(8)10)4-3-12-7(9)11-4/h3,5-6H,10H2,1-2H3/t5-,6-/m1/s1. The van der Waals surface area contributed by atoms with E-state index in [4.69, 9.17) is 5.73 Å². The highest BCUT2D eigenvalue weighted by molar-refractivity contribution is 9.11. The van der Waals surface area contributed by atoms with Crippen molar-refractivity contribution in [2.45, 2.75) is 25.8 Å². The van der Waals surface area contributed by atoms with Crippen molar-refractivity contribution in [1.82, 2.24) is 4.98 Å². The van der Waals surface area contributed by atoms with E-state index in [0.717, 1.165) is 9.61 Å². The van der Waals surface area contributed by atoms with E-state index < -0.39 is 0 Å². The third-order valence-corrected chi connectivity index (χ3v) is 4.11. The lowest BCUT2D eigenvalue weighted by molar-refractivity contribution is 0.596. The molecule has 2 nitrogen and oxygen atoms in total. The Labute approximate surface area is 84.3 Å². The maximum Gasteiger partial charge on any atom is 0.159 e. The van der Waals surface area contributed by atoms with Gasteiger partial charge in [0, 0.05) is 17.3 Å². The van der Waals surface area contributed by atoms with E-state index >= 15 is 0 Å². The van der Waals surface area contributed by atoms with Gasteiger partial charge < -0.3 is 5.73 Å². The van der Waals surface area contributed by atoms with Crippen molar-refractivity contribution in [3.8, 4) is 0 Å². The second-order valence-electron chi connectivity index (χ2n) is 3.85. The maximum absolute atomic E-state index is 5.93. The van der Waals surface area contributed by atoms with E-state index in [2.05, 4.69) is 40.1 Å². The van der Waals surface area contributed by atoms with Crippen molar-refractivity contribution in [3.05, 3.63) is 15.0 Å². The monoisotopic (exact) mass is 246 g/mol. The lowest BCUT2D eigenvalue weighted by Gasteiger charge is -1.96. The molecule has 0 amide bonds. The third-order valence-electron chi connectivity index (χ3n) is 2.72. The Balaban J connectivity index is 2.24. The van der Waals surface area contributed by atoms with Gasteiger partial charge in [-0.25, -0.2) is 4.98 Å². The number of nitrogens with zero attached hydrogens (tertiary/aromatic N) is 1. The first-order chi connectivity index (χ1) is 5.53. The first kappa shape index (κ1) is 8.66. The highest BCUT2D eigenvalue weighted by atomic mass is 79.9. The van der Waals surface area contributed by atoms with Gasteiger partial charge in [0.1, 0.15) is 0 Å². The minimum Gasteiger partial charge on any atom is -0.327 e. The molecule has 0 radical (unpaired) electrons. The molecular weight excluding hydrogens is 236 g/mol. The molecule has 1 saturated carbocycles. The normalized spacial score (nSPS) is 32.0. The van der Waals surface area contributed by atoms with Crippen LogP contribution >= 0.6 is 27.3 Å². The number of hydrogen-bond acceptors (Lipinski definition) is 3. The predicted octanol–water partition coefficient (Wildman–Crippen LogP) is 2.36. The molecule has 4 heteroatoms. The molecule has 0 aromatic carbocycles. The van der Waals surface area contributed by atoms with E-state index in [0.29, 0.717) is 5.92 Å². The number of hydrogen-bond donors (Lipinski definition) is 1. The number of thiazole rings is 1. The van der Waals surface area contributed by atoms with Crippen LogP contribution in [-0.4, -0.2) is 11.0 Å². The SMILES string of the molecule is CC1(C)[C@H](N)[C@H]1c1csc(Br)n1. The zero-order chi connectivity index (χ0) is 8.93. The van der Waals surface area contributed by atoms with Crippen molar-refractivity contribution >= 4 is 27.3 Å². The molecule has 0 saturated heterocycles. The Morgan fingerprint density at radius 3 is 2.58 bits per heavy atom. The molecule has 1 aliphatic rings. The average Bonchev–Trinajstić information content (AvgIpc) is 2.38. The summed E-state index contributed by atoms with van der Waals surface area (Å²) < 4.78 is 0.951. The minimum atomic E-state index is 0.244. The van der Waals surface area contributed by atoms with E-state index in [9.17, 15) is 0 Å². The van der Waals surface area contributed by atoms with E-state index in [1.807, 2.05) is 0 Å². The van der Waals surface area contributed by atoms with Gasteiger partial charge in [-0.15, -0.1) is 11.3 Å². The molecule has 2 atom stereocenters. The fourth-order valence-electron chi connectivity index (χ4n) is 1.65. The van der Waals surface area contributed by atoms with Gasteiger partial charge in [0.15, 0.2) is 3.92 Å². The van der Waals surface area contributed by atoms with Gasteiger partial charge in [-0.05, 0) is 21.3 Å². The van der Waals surface area contributed by atoms with Crippen LogP contribution in [0.4, 0.5) is 0 Å². The summed E-state index contributed by atoms with van der Waals surface area (Å²) in [6, 6.07) is 0.284. The summed E-state index contributed by atoms with van der Waals surface area (Å²) in [6.07, 6.45) is 0. The summed E-state index contributed by atoms with van der Waals surface area (Å²) in [6.45, 7) is 4.38. The molecule has 0 aliphatic heterocycles. The molecule has 1 aromatic heterocycles. The second-order valence-corrected chi connectivity index (χ2v) is 5.98. The summed E-state index contributed by atoms with van der Waals surface area (Å²) in [5.74, 6) is 0.458. The molecule has 2 N–H and O–H groups in total. The number of nitrogens with two attached hydrogens (primary N) is 1. The predicted molar refractivity (Wildman–Crippen MR) is 54.3 cm³/mol. The molecule has 2 rings (SSSR count). The van der Waals surface area contributed by atoms with Crippen molar-refractivity contribution in [3.63, 3.8) is 0 Å². The topological polar surface area (TPSA) is 38.9 Å².